The molecule has 1 amide bonds. The molecular weight excluding hydrogens is 321 g/mol. The van der Waals surface area contributed by atoms with Gasteiger partial charge in [-0.15, -0.1) is 0 Å². The van der Waals surface area contributed by atoms with E-state index < -0.39 is 17.8 Å². The molecule has 3 rings (SSSR count). The van der Waals surface area contributed by atoms with Crippen LogP contribution in [0.25, 0.3) is 11.3 Å². The highest BCUT2D eigenvalue weighted by Crippen LogP contribution is 2.25. The number of carbonyl (C=O) groups is 1. The Labute approximate surface area is 143 Å². The molecule has 5 nitrogen and oxygen atoms in total. The highest BCUT2D eigenvalue weighted by Gasteiger charge is 2.24. The second kappa shape index (κ2) is 6.97. The zero-order valence-electron chi connectivity index (χ0n) is 13.4. The maximum Gasteiger partial charge on any atom is 0.275 e. The maximum atomic E-state index is 13.9. The van der Waals surface area contributed by atoms with Gasteiger partial charge in [0.05, 0.1) is 6.07 Å². The van der Waals surface area contributed by atoms with Crippen LogP contribution < -0.4 is 5.32 Å². The molecule has 0 fully saturated rings. The van der Waals surface area contributed by atoms with Crippen molar-refractivity contribution >= 4 is 5.91 Å². The second-order valence-electron chi connectivity index (χ2n) is 5.33. The summed E-state index contributed by atoms with van der Waals surface area (Å²) in [5.74, 6) is -0.538. The van der Waals surface area contributed by atoms with Gasteiger partial charge in [0, 0.05) is 18.1 Å². The molecule has 1 N–H and O–H groups in total. The smallest absolute Gasteiger partial charge is 0.275 e. The Bertz CT molecular complexity index is 945. The molecule has 1 atom stereocenters. The number of oxazole rings is 1. The van der Waals surface area contributed by atoms with Crippen molar-refractivity contribution in [2.24, 2.45) is 0 Å². The summed E-state index contributed by atoms with van der Waals surface area (Å²) in [7, 11) is 0. The quantitative estimate of drug-likeness (QED) is 0.787. The lowest BCUT2D eigenvalue weighted by molar-refractivity contribution is 0.0940. The van der Waals surface area contributed by atoms with Crippen molar-refractivity contribution in [3.8, 4) is 17.4 Å². The lowest BCUT2D eigenvalue weighted by atomic mass is 10.1. The zero-order valence-corrected chi connectivity index (χ0v) is 13.4. The number of hydrogen-bond acceptors (Lipinski definition) is 4. The minimum absolute atomic E-state index is 0.0558. The molecule has 0 saturated carbocycles. The number of aryl methyl sites for hydroxylation is 1. The Morgan fingerprint density at radius 2 is 1.88 bits per heavy atom. The van der Waals surface area contributed by atoms with Gasteiger partial charge in [0.2, 0.25) is 0 Å². The number of nitriles is 1. The van der Waals surface area contributed by atoms with Gasteiger partial charge in [-0.2, -0.15) is 5.26 Å². The number of halogens is 1. The molecule has 124 valence electrons. The van der Waals surface area contributed by atoms with Gasteiger partial charge in [-0.1, -0.05) is 48.5 Å². The largest absolute Gasteiger partial charge is 0.440 e. The van der Waals surface area contributed by atoms with Crippen LogP contribution in [0.2, 0.25) is 0 Å². The topological polar surface area (TPSA) is 78.9 Å². The fourth-order valence-electron chi connectivity index (χ4n) is 2.45. The van der Waals surface area contributed by atoms with Crippen LogP contribution in [0.4, 0.5) is 4.39 Å². The molecule has 0 bridgehead atoms. The summed E-state index contributed by atoms with van der Waals surface area (Å²) in [5, 5.41) is 11.8. The summed E-state index contributed by atoms with van der Waals surface area (Å²) in [4.78, 5) is 16.7. The van der Waals surface area contributed by atoms with Crippen LogP contribution in [-0.2, 0) is 0 Å². The molecule has 1 aromatic heterocycles. The number of benzene rings is 2. The Balaban J connectivity index is 1.92. The standard InChI is InChI=1S/C19H14FN3O2/c1-12-22-17(18(25-12)13-7-3-2-4-8-13)19(24)23-16(11-21)14-9-5-6-10-15(14)20/h2-10,16H,1H3,(H,23,24)/t16-/m0/s1. The number of carbonyl (C=O) groups excluding carboxylic acids is 1. The lowest BCUT2D eigenvalue weighted by Gasteiger charge is -2.12. The maximum absolute atomic E-state index is 13.9. The van der Waals surface area contributed by atoms with Crippen molar-refractivity contribution in [1.82, 2.24) is 10.3 Å². The Morgan fingerprint density at radius 3 is 2.56 bits per heavy atom. The van der Waals surface area contributed by atoms with Crippen molar-refractivity contribution in [1.29, 1.82) is 5.26 Å². The fourth-order valence-corrected chi connectivity index (χ4v) is 2.45. The first-order chi connectivity index (χ1) is 12.1. The third kappa shape index (κ3) is 3.40. The van der Waals surface area contributed by atoms with Crippen LogP contribution in [0.15, 0.2) is 59.0 Å². The number of nitrogens with zero attached hydrogens (tertiary/aromatic N) is 2. The van der Waals surface area contributed by atoms with E-state index in [1.807, 2.05) is 24.3 Å². The molecule has 0 unspecified atom stereocenters. The molecular formula is C19H14FN3O2. The van der Waals surface area contributed by atoms with E-state index in [2.05, 4.69) is 10.3 Å². The summed E-state index contributed by atoms with van der Waals surface area (Å²) in [6.45, 7) is 1.63. The summed E-state index contributed by atoms with van der Waals surface area (Å²) in [6.07, 6.45) is 0. The van der Waals surface area contributed by atoms with E-state index in [-0.39, 0.29) is 11.3 Å². The lowest BCUT2D eigenvalue weighted by Crippen LogP contribution is -2.29. The van der Waals surface area contributed by atoms with E-state index in [0.29, 0.717) is 17.2 Å². The number of nitrogens with one attached hydrogen (secondary N) is 1. The van der Waals surface area contributed by atoms with Gasteiger partial charge >= 0.3 is 0 Å². The van der Waals surface area contributed by atoms with E-state index in [1.54, 1.807) is 25.1 Å². The Hall–Kier alpha value is -3.46. The van der Waals surface area contributed by atoms with Gasteiger partial charge in [0.15, 0.2) is 17.3 Å². The van der Waals surface area contributed by atoms with Crippen LogP contribution in [-0.4, -0.2) is 10.9 Å². The zero-order chi connectivity index (χ0) is 17.8. The Morgan fingerprint density at radius 1 is 1.20 bits per heavy atom. The monoisotopic (exact) mass is 335 g/mol. The van der Waals surface area contributed by atoms with Crippen molar-refractivity contribution in [2.75, 3.05) is 0 Å². The highest BCUT2D eigenvalue weighted by atomic mass is 19.1. The summed E-state index contributed by atoms with van der Waals surface area (Å²) in [5.41, 5.74) is 0.841. The normalized spacial score (nSPS) is 11.6. The number of aromatic nitrogens is 1. The minimum atomic E-state index is -1.13. The SMILES string of the molecule is Cc1nc(C(=O)N[C@@H](C#N)c2ccccc2F)c(-c2ccccc2)o1. The average molecular weight is 335 g/mol. The van der Waals surface area contributed by atoms with Crippen molar-refractivity contribution < 1.29 is 13.6 Å². The fraction of sp³-hybridized carbons (Fsp3) is 0.105. The summed E-state index contributed by atoms with van der Waals surface area (Å²) < 4.78 is 19.4. The van der Waals surface area contributed by atoms with Gasteiger partial charge in [-0.25, -0.2) is 9.37 Å². The molecule has 0 radical (unpaired) electrons. The number of rotatable bonds is 4. The van der Waals surface area contributed by atoms with Crippen LogP contribution in [0.3, 0.4) is 0 Å². The predicted octanol–water partition coefficient (Wildman–Crippen LogP) is 3.78. The second-order valence-corrected chi connectivity index (χ2v) is 5.33. The van der Waals surface area contributed by atoms with Crippen molar-refractivity contribution in [2.45, 2.75) is 13.0 Å². The Kier molecular flexibility index (Phi) is 4.57. The first-order valence-corrected chi connectivity index (χ1v) is 7.58. The van der Waals surface area contributed by atoms with Gasteiger partial charge in [0.1, 0.15) is 11.9 Å². The average Bonchev–Trinajstić information content (AvgIpc) is 3.03. The van der Waals surface area contributed by atoms with E-state index in [4.69, 9.17) is 4.42 Å². The first-order valence-electron chi connectivity index (χ1n) is 7.58. The van der Waals surface area contributed by atoms with Crippen LogP contribution in [0.1, 0.15) is 28.0 Å². The van der Waals surface area contributed by atoms with Crippen molar-refractivity contribution in [3.05, 3.63) is 77.6 Å². The van der Waals surface area contributed by atoms with Gasteiger partial charge < -0.3 is 9.73 Å². The van der Waals surface area contributed by atoms with E-state index in [9.17, 15) is 14.4 Å². The molecule has 0 aliphatic carbocycles. The third-order valence-electron chi connectivity index (χ3n) is 3.61. The van der Waals surface area contributed by atoms with Gasteiger partial charge in [-0.05, 0) is 6.07 Å². The molecule has 2 aromatic carbocycles. The van der Waals surface area contributed by atoms with E-state index in [0.717, 1.165) is 0 Å². The molecule has 0 saturated heterocycles. The molecule has 0 aliphatic heterocycles. The third-order valence-corrected chi connectivity index (χ3v) is 3.61. The molecule has 25 heavy (non-hydrogen) atoms. The van der Waals surface area contributed by atoms with E-state index >= 15 is 0 Å². The van der Waals surface area contributed by atoms with E-state index in [1.165, 1.54) is 18.2 Å². The number of hydrogen-bond donors (Lipinski definition) is 1. The minimum Gasteiger partial charge on any atom is -0.440 e. The summed E-state index contributed by atoms with van der Waals surface area (Å²) in [6, 6.07) is 15.6. The predicted molar refractivity (Wildman–Crippen MR) is 88.9 cm³/mol. The van der Waals surface area contributed by atoms with Crippen LogP contribution in [0, 0.1) is 24.1 Å². The molecule has 1 heterocycles. The number of amides is 1. The molecule has 3 aromatic rings. The van der Waals surface area contributed by atoms with Crippen LogP contribution >= 0.6 is 0 Å². The van der Waals surface area contributed by atoms with Crippen LogP contribution in [0.5, 0.6) is 0 Å². The van der Waals surface area contributed by atoms with Gasteiger partial charge in [0.25, 0.3) is 5.91 Å². The molecule has 6 heteroatoms. The molecule has 0 aliphatic rings. The molecule has 0 spiro atoms. The van der Waals surface area contributed by atoms with Gasteiger partial charge in [-0.3, -0.25) is 4.79 Å². The first kappa shape index (κ1) is 16.4. The van der Waals surface area contributed by atoms with Crippen molar-refractivity contribution in [3.63, 3.8) is 0 Å². The highest BCUT2D eigenvalue weighted by molar-refractivity contribution is 5.98. The summed E-state index contributed by atoms with van der Waals surface area (Å²) >= 11 is 0.